The van der Waals surface area contributed by atoms with E-state index in [1.165, 1.54) is 0 Å². The molecule has 1 amide bonds. The zero-order valence-electron chi connectivity index (χ0n) is 11.9. The first kappa shape index (κ1) is 13.8. The molecule has 1 N–H and O–H groups in total. The van der Waals surface area contributed by atoms with Crippen molar-refractivity contribution in [2.45, 2.75) is 25.3 Å². The summed E-state index contributed by atoms with van der Waals surface area (Å²) < 4.78 is 12.3. The molecular formula is C14H18N4O3. The fraction of sp³-hybridized carbons (Fsp3) is 0.500. The van der Waals surface area contributed by atoms with Gasteiger partial charge < -0.3 is 19.1 Å². The average Bonchev–Trinajstić information content (AvgIpc) is 3.15. The van der Waals surface area contributed by atoms with Gasteiger partial charge in [0.25, 0.3) is 5.91 Å². The van der Waals surface area contributed by atoms with Gasteiger partial charge in [-0.2, -0.15) is 4.98 Å². The van der Waals surface area contributed by atoms with Crippen molar-refractivity contribution in [3.63, 3.8) is 0 Å². The van der Waals surface area contributed by atoms with Crippen molar-refractivity contribution in [1.29, 1.82) is 0 Å². The minimum Gasteiger partial charge on any atom is -0.381 e. The number of nitrogens with zero attached hydrogens (tertiary/aromatic N) is 3. The van der Waals surface area contributed by atoms with Crippen molar-refractivity contribution in [2.24, 2.45) is 7.05 Å². The number of hydrogen-bond donors (Lipinski definition) is 1. The summed E-state index contributed by atoms with van der Waals surface area (Å²) in [6.45, 7) is 1.71. The van der Waals surface area contributed by atoms with E-state index in [0.717, 1.165) is 26.1 Å². The molecule has 1 aliphatic heterocycles. The van der Waals surface area contributed by atoms with Crippen LogP contribution in [-0.2, 0) is 18.3 Å². The van der Waals surface area contributed by atoms with Crippen molar-refractivity contribution in [3.05, 3.63) is 35.7 Å². The zero-order valence-corrected chi connectivity index (χ0v) is 11.9. The van der Waals surface area contributed by atoms with E-state index in [0.29, 0.717) is 23.3 Å². The lowest BCUT2D eigenvalue weighted by molar-refractivity contribution is 0.0830. The topological polar surface area (TPSA) is 82.2 Å². The third kappa shape index (κ3) is 3.13. The molecule has 0 aromatic carbocycles. The smallest absolute Gasteiger partial charge is 0.268 e. The third-order valence-corrected chi connectivity index (χ3v) is 3.65. The fourth-order valence-corrected chi connectivity index (χ4v) is 2.40. The first-order valence-electron chi connectivity index (χ1n) is 7.04. The number of amides is 1. The molecule has 0 aliphatic carbocycles. The monoisotopic (exact) mass is 290 g/mol. The highest BCUT2D eigenvalue weighted by Gasteiger charge is 2.21. The molecule has 1 fully saturated rings. The van der Waals surface area contributed by atoms with Crippen LogP contribution in [0.4, 0.5) is 0 Å². The third-order valence-electron chi connectivity index (χ3n) is 3.65. The van der Waals surface area contributed by atoms with Gasteiger partial charge in [-0.15, -0.1) is 0 Å². The van der Waals surface area contributed by atoms with Crippen LogP contribution < -0.4 is 5.32 Å². The van der Waals surface area contributed by atoms with Crippen LogP contribution in [0, 0.1) is 0 Å². The molecule has 0 atom stereocenters. The Labute approximate surface area is 122 Å². The van der Waals surface area contributed by atoms with Crippen molar-refractivity contribution in [3.8, 4) is 0 Å². The molecule has 7 heteroatoms. The van der Waals surface area contributed by atoms with Gasteiger partial charge in [-0.05, 0) is 25.0 Å². The van der Waals surface area contributed by atoms with Crippen LogP contribution in [-0.4, -0.2) is 33.8 Å². The standard InChI is InChI=1S/C14H18N4O3/c1-18-6-2-3-11(18)14(19)15-9-12-16-13(17-21-12)10-4-7-20-8-5-10/h2-3,6,10H,4-5,7-9H2,1H3,(H,15,19). The number of carbonyl (C=O) groups is 1. The van der Waals surface area contributed by atoms with Gasteiger partial charge in [0.1, 0.15) is 5.69 Å². The van der Waals surface area contributed by atoms with Crippen molar-refractivity contribution in [1.82, 2.24) is 20.0 Å². The number of hydrogen-bond acceptors (Lipinski definition) is 5. The van der Waals surface area contributed by atoms with Gasteiger partial charge in [0.2, 0.25) is 5.89 Å². The predicted molar refractivity (Wildman–Crippen MR) is 73.7 cm³/mol. The first-order valence-corrected chi connectivity index (χ1v) is 7.04. The van der Waals surface area contributed by atoms with E-state index in [2.05, 4.69) is 15.5 Å². The molecule has 0 spiro atoms. The quantitative estimate of drug-likeness (QED) is 0.916. The maximum atomic E-state index is 12.0. The summed E-state index contributed by atoms with van der Waals surface area (Å²) in [5.74, 6) is 1.27. The summed E-state index contributed by atoms with van der Waals surface area (Å²) in [5.41, 5.74) is 0.596. The highest BCUT2D eigenvalue weighted by molar-refractivity contribution is 5.92. The Bertz CT molecular complexity index is 613. The van der Waals surface area contributed by atoms with Gasteiger partial charge in [0.15, 0.2) is 5.82 Å². The molecule has 2 aromatic heterocycles. The minimum absolute atomic E-state index is 0.159. The van der Waals surface area contributed by atoms with Crippen LogP contribution in [0.15, 0.2) is 22.9 Å². The number of aryl methyl sites for hydroxylation is 1. The second-order valence-electron chi connectivity index (χ2n) is 5.12. The van der Waals surface area contributed by atoms with Gasteiger partial charge in [-0.1, -0.05) is 5.16 Å². The van der Waals surface area contributed by atoms with Gasteiger partial charge in [0.05, 0.1) is 6.54 Å². The highest BCUT2D eigenvalue weighted by atomic mass is 16.5. The molecule has 3 heterocycles. The Kier molecular flexibility index (Phi) is 4.01. The molecule has 0 unspecified atom stereocenters. The lowest BCUT2D eigenvalue weighted by atomic mass is 10.00. The second kappa shape index (κ2) is 6.09. The Hall–Kier alpha value is -2.15. The Morgan fingerprint density at radius 2 is 2.29 bits per heavy atom. The van der Waals surface area contributed by atoms with Crippen LogP contribution >= 0.6 is 0 Å². The molecule has 0 radical (unpaired) electrons. The highest BCUT2D eigenvalue weighted by Crippen LogP contribution is 2.24. The second-order valence-corrected chi connectivity index (χ2v) is 5.12. The normalized spacial score (nSPS) is 16.0. The van der Waals surface area contributed by atoms with Gasteiger partial charge >= 0.3 is 0 Å². The van der Waals surface area contributed by atoms with E-state index in [1.54, 1.807) is 10.6 Å². The maximum absolute atomic E-state index is 12.0. The van der Waals surface area contributed by atoms with Gasteiger partial charge in [0, 0.05) is 32.4 Å². The summed E-state index contributed by atoms with van der Waals surface area (Å²) in [4.78, 5) is 16.3. The molecule has 3 rings (SSSR count). The number of ether oxygens (including phenoxy) is 1. The number of rotatable bonds is 4. The van der Waals surface area contributed by atoms with E-state index in [4.69, 9.17) is 9.26 Å². The molecule has 0 bridgehead atoms. The molecule has 1 saturated heterocycles. The van der Waals surface area contributed by atoms with E-state index in [1.807, 2.05) is 19.3 Å². The Morgan fingerprint density at radius 1 is 1.48 bits per heavy atom. The molecular weight excluding hydrogens is 272 g/mol. The minimum atomic E-state index is -0.159. The van der Waals surface area contributed by atoms with E-state index in [9.17, 15) is 4.79 Å². The Balaban J connectivity index is 1.57. The molecule has 2 aromatic rings. The predicted octanol–water partition coefficient (Wildman–Crippen LogP) is 1.23. The van der Waals surface area contributed by atoms with Crippen LogP contribution in [0.3, 0.4) is 0 Å². The molecule has 0 saturated carbocycles. The summed E-state index contributed by atoms with van der Waals surface area (Å²) in [5, 5.41) is 6.78. The largest absolute Gasteiger partial charge is 0.381 e. The van der Waals surface area contributed by atoms with Crippen LogP contribution in [0.25, 0.3) is 0 Å². The zero-order chi connectivity index (χ0) is 14.7. The number of nitrogens with one attached hydrogen (secondary N) is 1. The fourth-order valence-electron chi connectivity index (χ4n) is 2.40. The van der Waals surface area contributed by atoms with Gasteiger partial charge in [-0.3, -0.25) is 4.79 Å². The SMILES string of the molecule is Cn1cccc1C(=O)NCc1nc(C2CCOCC2)no1. The molecule has 7 nitrogen and oxygen atoms in total. The van der Waals surface area contributed by atoms with E-state index >= 15 is 0 Å². The summed E-state index contributed by atoms with van der Waals surface area (Å²) in [6.07, 6.45) is 3.65. The maximum Gasteiger partial charge on any atom is 0.268 e. The van der Waals surface area contributed by atoms with Crippen molar-refractivity contribution < 1.29 is 14.1 Å². The summed E-state index contributed by atoms with van der Waals surface area (Å²) >= 11 is 0. The number of aromatic nitrogens is 3. The Morgan fingerprint density at radius 3 is 3.00 bits per heavy atom. The van der Waals surface area contributed by atoms with E-state index in [-0.39, 0.29) is 12.5 Å². The van der Waals surface area contributed by atoms with E-state index < -0.39 is 0 Å². The van der Waals surface area contributed by atoms with Crippen LogP contribution in [0.5, 0.6) is 0 Å². The lowest BCUT2D eigenvalue weighted by Crippen LogP contribution is -2.25. The first-order chi connectivity index (χ1) is 10.2. The number of carbonyl (C=O) groups excluding carboxylic acids is 1. The summed E-state index contributed by atoms with van der Waals surface area (Å²) in [7, 11) is 1.82. The summed E-state index contributed by atoms with van der Waals surface area (Å²) in [6, 6.07) is 3.58. The molecule has 1 aliphatic rings. The lowest BCUT2D eigenvalue weighted by Gasteiger charge is -2.18. The van der Waals surface area contributed by atoms with Gasteiger partial charge in [-0.25, -0.2) is 0 Å². The van der Waals surface area contributed by atoms with Crippen molar-refractivity contribution in [2.75, 3.05) is 13.2 Å². The van der Waals surface area contributed by atoms with Crippen molar-refractivity contribution >= 4 is 5.91 Å². The van der Waals surface area contributed by atoms with Crippen LogP contribution in [0.1, 0.15) is 41.0 Å². The average molecular weight is 290 g/mol. The molecule has 21 heavy (non-hydrogen) atoms. The molecule has 112 valence electrons. The van der Waals surface area contributed by atoms with Crippen LogP contribution in [0.2, 0.25) is 0 Å².